The standard InChI is InChI=1S/C23H24O5/c1-5-10-26-17-8-7-16-12-19(22(24)27-20(16)13-17)23(25)28-21-11-15(4)6-9-18(21)14(2)3/h6-9,11-14H,5,10H2,1-4H3. The molecule has 1 heterocycles. The van der Waals surface area contributed by atoms with Gasteiger partial charge in [-0.1, -0.05) is 32.9 Å². The minimum Gasteiger partial charge on any atom is -0.493 e. The van der Waals surface area contributed by atoms with E-state index in [1.54, 1.807) is 24.3 Å². The molecule has 2 aromatic carbocycles. The lowest BCUT2D eigenvalue weighted by atomic mass is 10.0. The van der Waals surface area contributed by atoms with E-state index in [1.807, 2.05) is 39.8 Å². The van der Waals surface area contributed by atoms with E-state index in [1.165, 1.54) is 6.07 Å². The maximum atomic E-state index is 12.7. The molecule has 0 aliphatic carbocycles. The summed E-state index contributed by atoms with van der Waals surface area (Å²) in [7, 11) is 0. The molecule has 28 heavy (non-hydrogen) atoms. The van der Waals surface area contributed by atoms with Crippen LogP contribution in [0, 0.1) is 6.92 Å². The van der Waals surface area contributed by atoms with Crippen LogP contribution in [0.3, 0.4) is 0 Å². The van der Waals surface area contributed by atoms with Crippen molar-refractivity contribution in [3.63, 3.8) is 0 Å². The van der Waals surface area contributed by atoms with E-state index in [-0.39, 0.29) is 11.5 Å². The number of hydrogen-bond acceptors (Lipinski definition) is 5. The van der Waals surface area contributed by atoms with E-state index in [9.17, 15) is 9.59 Å². The summed E-state index contributed by atoms with van der Waals surface area (Å²) in [4.78, 5) is 25.0. The molecule has 0 radical (unpaired) electrons. The highest BCUT2D eigenvalue weighted by atomic mass is 16.5. The Balaban J connectivity index is 1.93. The third-order valence-electron chi connectivity index (χ3n) is 4.39. The Hall–Kier alpha value is -3.08. The molecule has 0 N–H and O–H groups in total. The van der Waals surface area contributed by atoms with Crippen LogP contribution in [-0.4, -0.2) is 12.6 Å². The van der Waals surface area contributed by atoms with Gasteiger partial charge < -0.3 is 13.9 Å². The Morgan fingerprint density at radius 3 is 2.61 bits per heavy atom. The Bertz CT molecular complexity index is 1060. The fourth-order valence-electron chi connectivity index (χ4n) is 2.91. The van der Waals surface area contributed by atoms with Gasteiger partial charge in [-0.2, -0.15) is 0 Å². The molecule has 0 saturated heterocycles. The van der Waals surface area contributed by atoms with Crippen LogP contribution in [0.1, 0.15) is 54.6 Å². The molecular weight excluding hydrogens is 356 g/mol. The summed E-state index contributed by atoms with van der Waals surface area (Å²) < 4.78 is 16.4. The Labute approximate surface area is 163 Å². The van der Waals surface area contributed by atoms with Crippen molar-refractivity contribution in [2.75, 3.05) is 6.61 Å². The number of aryl methyl sites for hydroxylation is 1. The molecule has 5 nitrogen and oxygen atoms in total. The lowest BCUT2D eigenvalue weighted by molar-refractivity contribution is 0.0728. The van der Waals surface area contributed by atoms with Crippen molar-refractivity contribution in [1.29, 1.82) is 0 Å². The lowest BCUT2D eigenvalue weighted by Gasteiger charge is -2.13. The number of hydrogen-bond donors (Lipinski definition) is 0. The predicted molar refractivity (Wildman–Crippen MR) is 108 cm³/mol. The highest BCUT2D eigenvalue weighted by Gasteiger charge is 2.19. The van der Waals surface area contributed by atoms with Gasteiger partial charge in [0.15, 0.2) is 0 Å². The second kappa shape index (κ2) is 8.30. The van der Waals surface area contributed by atoms with E-state index < -0.39 is 11.6 Å². The van der Waals surface area contributed by atoms with E-state index in [0.717, 1.165) is 17.5 Å². The summed E-state index contributed by atoms with van der Waals surface area (Å²) in [6.45, 7) is 8.55. The fourth-order valence-corrected chi connectivity index (χ4v) is 2.91. The van der Waals surface area contributed by atoms with Crippen LogP contribution in [0.5, 0.6) is 11.5 Å². The average molecular weight is 380 g/mol. The fraction of sp³-hybridized carbons (Fsp3) is 0.304. The quantitative estimate of drug-likeness (QED) is 0.333. The van der Waals surface area contributed by atoms with Gasteiger partial charge in [0, 0.05) is 11.5 Å². The van der Waals surface area contributed by atoms with Crippen molar-refractivity contribution in [1.82, 2.24) is 0 Å². The molecule has 0 atom stereocenters. The molecule has 0 unspecified atom stereocenters. The number of benzene rings is 2. The van der Waals surface area contributed by atoms with Gasteiger partial charge >= 0.3 is 11.6 Å². The lowest BCUT2D eigenvalue weighted by Crippen LogP contribution is -2.19. The first kappa shape index (κ1) is 19.7. The first-order chi connectivity index (χ1) is 13.4. The summed E-state index contributed by atoms with van der Waals surface area (Å²) >= 11 is 0. The zero-order valence-corrected chi connectivity index (χ0v) is 16.6. The van der Waals surface area contributed by atoms with E-state index in [2.05, 4.69) is 0 Å². The van der Waals surface area contributed by atoms with Crippen molar-refractivity contribution < 1.29 is 18.7 Å². The Morgan fingerprint density at radius 2 is 1.89 bits per heavy atom. The van der Waals surface area contributed by atoms with Gasteiger partial charge in [-0.15, -0.1) is 0 Å². The summed E-state index contributed by atoms with van der Waals surface area (Å²) in [5.41, 5.74) is 1.38. The van der Waals surface area contributed by atoms with Gasteiger partial charge in [-0.25, -0.2) is 9.59 Å². The van der Waals surface area contributed by atoms with Gasteiger partial charge in [0.2, 0.25) is 0 Å². The minimum absolute atomic E-state index is 0.133. The first-order valence-electron chi connectivity index (χ1n) is 9.42. The second-order valence-corrected chi connectivity index (χ2v) is 7.08. The summed E-state index contributed by atoms with van der Waals surface area (Å²) in [6, 6.07) is 12.4. The Morgan fingerprint density at radius 1 is 1.11 bits per heavy atom. The van der Waals surface area contributed by atoms with Gasteiger partial charge in [0.1, 0.15) is 22.6 Å². The van der Waals surface area contributed by atoms with Gasteiger partial charge in [0.25, 0.3) is 0 Å². The van der Waals surface area contributed by atoms with Gasteiger partial charge in [0.05, 0.1) is 6.61 Å². The topological polar surface area (TPSA) is 65.7 Å². The van der Waals surface area contributed by atoms with Crippen LogP contribution in [0.4, 0.5) is 0 Å². The molecule has 3 aromatic rings. The maximum Gasteiger partial charge on any atom is 0.351 e. The predicted octanol–water partition coefficient (Wildman–Crippen LogP) is 5.23. The molecule has 5 heteroatoms. The molecule has 0 aliphatic rings. The minimum atomic E-state index is -0.733. The summed E-state index contributed by atoms with van der Waals surface area (Å²) in [6.07, 6.45) is 0.879. The molecule has 0 spiro atoms. The average Bonchev–Trinajstić information content (AvgIpc) is 2.65. The molecule has 0 aliphatic heterocycles. The second-order valence-electron chi connectivity index (χ2n) is 7.08. The van der Waals surface area contributed by atoms with E-state index in [4.69, 9.17) is 13.9 Å². The van der Waals surface area contributed by atoms with Crippen LogP contribution >= 0.6 is 0 Å². The van der Waals surface area contributed by atoms with Crippen LogP contribution in [0.2, 0.25) is 0 Å². The molecule has 0 saturated carbocycles. The normalized spacial score (nSPS) is 11.0. The van der Waals surface area contributed by atoms with Crippen LogP contribution < -0.4 is 15.1 Å². The van der Waals surface area contributed by atoms with Crippen molar-refractivity contribution >= 4 is 16.9 Å². The summed E-state index contributed by atoms with van der Waals surface area (Å²) in [5, 5.41) is 0.628. The van der Waals surface area contributed by atoms with Crippen LogP contribution in [0.15, 0.2) is 51.7 Å². The van der Waals surface area contributed by atoms with E-state index >= 15 is 0 Å². The number of esters is 1. The number of fused-ring (bicyclic) bond motifs is 1. The maximum absolute atomic E-state index is 12.7. The molecule has 1 aromatic heterocycles. The molecular formula is C23H24O5. The number of ether oxygens (including phenoxy) is 2. The smallest absolute Gasteiger partial charge is 0.351 e. The largest absolute Gasteiger partial charge is 0.493 e. The third-order valence-corrected chi connectivity index (χ3v) is 4.39. The summed E-state index contributed by atoms with van der Waals surface area (Å²) in [5.74, 6) is 0.532. The zero-order chi connectivity index (χ0) is 20.3. The number of rotatable bonds is 6. The van der Waals surface area contributed by atoms with Crippen molar-refractivity contribution in [2.24, 2.45) is 0 Å². The number of carbonyl (C=O) groups is 1. The number of carbonyl (C=O) groups excluding carboxylic acids is 1. The zero-order valence-electron chi connectivity index (χ0n) is 16.6. The van der Waals surface area contributed by atoms with Gasteiger partial charge in [-0.05, 0) is 54.7 Å². The van der Waals surface area contributed by atoms with Crippen molar-refractivity contribution in [3.8, 4) is 11.5 Å². The molecule has 3 rings (SSSR count). The monoisotopic (exact) mass is 380 g/mol. The van der Waals surface area contributed by atoms with E-state index in [0.29, 0.717) is 29.1 Å². The van der Waals surface area contributed by atoms with Crippen molar-refractivity contribution in [2.45, 2.75) is 40.0 Å². The molecule has 146 valence electrons. The molecule has 0 fully saturated rings. The highest BCUT2D eigenvalue weighted by Crippen LogP contribution is 2.28. The van der Waals surface area contributed by atoms with Crippen LogP contribution in [0.25, 0.3) is 11.0 Å². The molecule has 0 bridgehead atoms. The highest BCUT2D eigenvalue weighted by molar-refractivity contribution is 5.94. The third kappa shape index (κ3) is 4.25. The van der Waals surface area contributed by atoms with Crippen molar-refractivity contribution in [3.05, 3.63) is 69.6 Å². The van der Waals surface area contributed by atoms with Gasteiger partial charge in [-0.3, -0.25) is 0 Å². The van der Waals surface area contributed by atoms with Crippen LogP contribution in [-0.2, 0) is 0 Å². The molecule has 0 amide bonds. The Kier molecular flexibility index (Phi) is 5.83. The first-order valence-corrected chi connectivity index (χ1v) is 9.42. The SMILES string of the molecule is CCCOc1ccc2cc(C(=O)Oc3cc(C)ccc3C(C)C)c(=O)oc2c1.